The number of aryl methyl sites for hydroxylation is 1. The molecule has 0 amide bonds. The first-order chi connectivity index (χ1) is 15.1. The second kappa shape index (κ2) is 8.35. The van der Waals surface area contributed by atoms with Gasteiger partial charge in [0.05, 0.1) is 22.5 Å². The van der Waals surface area contributed by atoms with Gasteiger partial charge in [0.25, 0.3) is 11.5 Å². The highest BCUT2D eigenvalue weighted by Crippen LogP contribution is 2.42. The third kappa shape index (κ3) is 4.15. The van der Waals surface area contributed by atoms with E-state index in [4.69, 9.17) is 0 Å². The van der Waals surface area contributed by atoms with Crippen LogP contribution in [-0.2, 0) is 18.0 Å². The molecule has 1 N–H and O–H groups in total. The standard InChI is InChI=1S/C21H18F3N5O.C2H2/c1-12-27-16-8-17(30)29(21(11-25)6-7-21)10-14(16)19(28-12)26-9-13-4-3-5-15(18(13)22)20(2,23)24;1-2/h3-5,8,10H,6-7,9H2,1-2H3,(H,26,27,28);1-2H. The number of nitrogens with zero attached hydrogens (tertiary/aromatic N) is 4. The lowest BCUT2D eigenvalue weighted by atomic mass is 10.0. The van der Waals surface area contributed by atoms with Crippen molar-refractivity contribution in [1.82, 2.24) is 14.5 Å². The molecule has 6 nitrogen and oxygen atoms in total. The summed E-state index contributed by atoms with van der Waals surface area (Å²) in [7, 11) is 0. The first-order valence-corrected chi connectivity index (χ1v) is 9.70. The molecule has 1 aliphatic rings. The Kier molecular flexibility index (Phi) is 5.96. The van der Waals surface area contributed by atoms with Crippen molar-refractivity contribution >= 4 is 16.7 Å². The van der Waals surface area contributed by atoms with Gasteiger partial charge in [-0.15, -0.1) is 12.8 Å². The number of alkyl halides is 2. The van der Waals surface area contributed by atoms with Gasteiger partial charge in [0.1, 0.15) is 23.0 Å². The maximum atomic E-state index is 14.6. The van der Waals surface area contributed by atoms with Gasteiger partial charge in [-0.25, -0.2) is 23.1 Å². The molecule has 1 fully saturated rings. The minimum atomic E-state index is -3.30. The van der Waals surface area contributed by atoms with E-state index in [1.165, 1.54) is 29.0 Å². The molecule has 32 heavy (non-hydrogen) atoms. The van der Waals surface area contributed by atoms with Crippen LogP contribution >= 0.6 is 0 Å². The van der Waals surface area contributed by atoms with Crippen molar-refractivity contribution in [3.05, 3.63) is 63.6 Å². The fourth-order valence-electron chi connectivity index (χ4n) is 3.45. The van der Waals surface area contributed by atoms with E-state index in [-0.39, 0.29) is 17.7 Å². The first-order valence-electron chi connectivity index (χ1n) is 9.70. The Hall–Kier alpha value is -3.85. The molecule has 0 atom stereocenters. The summed E-state index contributed by atoms with van der Waals surface area (Å²) in [5, 5.41) is 12.9. The van der Waals surface area contributed by atoms with E-state index in [1.54, 1.807) is 6.92 Å². The van der Waals surface area contributed by atoms with E-state index in [2.05, 4.69) is 34.2 Å². The van der Waals surface area contributed by atoms with Crippen LogP contribution in [0.2, 0.25) is 0 Å². The zero-order chi connectivity index (χ0) is 23.7. The van der Waals surface area contributed by atoms with Gasteiger partial charge in [0.15, 0.2) is 0 Å². The van der Waals surface area contributed by atoms with Crippen molar-refractivity contribution in [2.75, 3.05) is 5.32 Å². The summed E-state index contributed by atoms with van der Waals surface area (Å²) in [6.45, 7) is 2.20. The smallest absolute Gasteiger partial charge is 0.273 e. The summed E-state index contributed by atoms with van der Waals surface area (Å²) >= 11 is 0. The fourth-order valence-corrected chi connectivity index (χ4v) is 3.45. The lowest BCUT2D eigenvalue weighted by Crippen LogP contribution is -2.28. The van der Waals surface area contributed by atoms with Gasteiger partial charge in [-0.1, -0.05) is 18.2 Å². The SMILES string of the molecule is C#C.Cc1nc(NCc2cccc(C(C)(F)F)c2F)c2cn(C3(C#N)CC3)c(=O)cc2n1. The lowest BCUT2D eigenvalue weighted by molar-refractivity contribution is 0.0136. The Morgan fingerprint density at radius 2 is 2.00 bits per heavy atom. The van der Waals surface area contributed by atoms with Crippen molar-refractivity contribution < 1.29 is 13.2 Å². The average molecular weight is 439 g/mol. The topological polar surface area (TPSA) is 83.6 Å². The van der Waals surface area contributed by atoms with Crippen molar-refractivity contribution in [3.63, 3.8) is 0 Å². The van der Waals surface area contributed by atoms with Gasteiger partial charge in [0, 0.05) is 31.3 Å². The van der Waals surface area contributed by atoms with E-state index in [1.807, 2.05) is 0 Å². The number of pyridine rings is 1. The molecule has 0 unspecified atom stereocenters. The zero-order valence-corrected chi connectivity index (χ0v) is 17.5. The predicted molar refractivity (Wildman–Crippen MR) is 115 cm³/mol. The summed E-state index contributed by atoms with van der Waals surface area (Å²) in [4.78, 5) is 21.1. The number of hydrogen-bond acceptors (Lipinski definition) is 5. The molecule has 0 saturated heterocycles. The highest BCUT2D eigenvalue weighted by molar-refractivity contribution is 5.88. The molecule has 0 aliphatic heterocycles. The van der Waals surface area contributed by atoms with Crippen LogP contribution in [0.1, 0.15) is 36.7 Å². The van der Waals surface area contributed by atoms with Crippen LogP contribution in [-0.4, -0.2) is 14.5 Å². The van der Waals surface area contributed by atoms with E-state index >= 15 is 0 Å². The van der Waals surface area contributed by atoms with E-state index in [9.17, 15) is 23.2 Å². The van der Waals surface area contributed by atoms with Crippen molar-refractivity contribution in [3.8, 4) is 18.9 Å². The van der Waals surface area contributed by atoms with E-state index in [0.717, 1.165) is 6.07 Å². The maximum Gasteiger partial charge on any atom is 0.273 e. The summed E-state index contributed by atoms with van der Waals surface area (Å²) in [6, 6.07) is 7.35. The molecule has 1 aromatic carbocycles. The fraction of sp³-hybridized carbons (Fsp3) is 0.304. The monoisotopic (exact) mass is 439 g/mol. The largest absolute Gasteiger partial charge is 0.365 e. The maximum absolute atomic E-state index is 14.6. The molecule has 2 aromatic heterocycles. The number of rotatable bonds is 5. The number of benzene rings is 1. The summed E-state index contributed by atoms with van der Waals surface area (Å²) < 4.78 is 43.2. The Morgan fingerprint density at radius 3 is 2.59 bits per heavy atom. The Labute approximate surface area is 182 Å². The molecule has 0 spiro atoms. The molecule has 1 aliphatic carbocycles. The number of hydrogen-bond donors (Lipinski definition) is 1. The van der Waals surface area contributed by atoms with Crippen LogP contribution < -0.4 is 10.9 Å². The minimum absolute atomic E-state index is 0.0578. The van der Waals surface area contributed by atoms with Crippen molar-refractivity contribution in [2.45, 2.75) is 44.7 Å². The zero-order valence-electron chi connectivity index (χ0n) is 17.5. The second-order valence-corrected chi connectivity index (χ2v) is 7.56. The van der Waals surface area contributed by atoms with Crippen LogP contribution in [0.4, 0.5) is 19.0 Å². The van der Waals surface area contributed by atoms with Crippen LogP contribution in [0, 0.1) is 36.9 Å². The van der Waals surface area contributed by atoms with Gasteiger partial charge in [0.2, 0.25) is 0 Å². The molecule has 0 radical (unpaired) electrons. The lowest BCUT2D eigenvalue weighted by Gasteiger charge is -2.16. The summed E-state index contributed by atoms with van der Waals surface area (Å²) in [6.07, 6.45) is 10.7. The number of halogens is 3. The number of aromatic nitrogens is 3. The van der Waals surface area contributed by atoms with Gasteiger partial charge in [-0.2, -0.15) is 5.26 Å². The van der Waals surface area contributed by atoms with Crippen LogP contribution in [0.3, 0.4) is 0 Å². The summed E-state index contributed by atoms with van der Waals surface area (Å²) in [5.74, 6) is -3.57. The minimum Gasteiger partial charge on any atom is -0.365 e. The molecule has 1 saturated carbocycles. The Balaban J connectivity index is 0.00000141. The molecule has 4 rings (SSSR count). The third-order valence-corrected chi connectivity index (χ3v) is 5.23. The highest BCUT2D eigenvalue weighted by atomic mass is 19.3. The molecule has 0 bridgehead atoms. The second-order valence-electron chi connectivity index (χ2n) is 7.56. The van der Waals surface area contributed by atoms with Crippen LogP contribution in [0.5, 0.6) is 0 Å². The van der Waals surface area contributed by atoms with Gasteiger partial charge in [-0.05, 0) is 19.8 Å². The number of fused-ring (bicyclic) bond motifs is 1. The van der Waals surface area contributed by atoms with Crippen molar-refractivity contribution in [1.29, 1.82) is 5.26 Å². The normalized spacial score (nSPS) is 14.2. The number of anilines is 1. The summed E-state index contributed by atoms with van der Waals surface area (Å²) in [5.41, 5.74) is -1.43. The molecule has 9 heteroatoms. The first kappa shape index (κ1) is 22.8. The molecular weight excluding hydrogens is 419 g/mol. The highest BCUT2D eigenvalue weighted by Gasteiger charge is 2.46. The molecule has 2 heterocycles. The van der Waals surface area contributed by atoms with Crippen LogP contribution in [0.15, 0.2) is 35.3 Å². The predicted octanol–water partition coefficient (Wildman–Crippen LogP) is 4.22. The third-order valence-electron chi connectivity index (χ3n) is 5.23. The number of nitriles is 1. The molecular formula is C23H20F3N5O. The van der Waals surface area contributed by atoms with Crippen LogP contribution in [0.25, 0.3) is 10.9 Å². The number of nitrogens with one attached hydrogen (secondary N) is 1. The van der Waals surface area contributed by atoms with Gasteiger partial charge < -0.3 is 5.32 Å². The van der Waals surface area contributed by atoms with E-state index < -0.39 is 22.8 Å². The number of terminal acetylenes is 1. The van der Waals surface area contributed by atoms with Gasteiger partial charge >= 0.3 is 0 Å². The quantitative estimate of drug-likeness (QED) is 0.602. The van der Waals surface area contributed by atoms with Crippen molar-refractivity contribution in [2.24, 2.45) is 0 Å². The Morgan fingerprint density at radius 1 is 1.31 bits per heavy atom. The van der Waals surface area contributed by atoms with Gasteiger partial charge in [-0.3, -0.25) is 9.36 Å². The average Bonchev–Trinajstić information content (AvgIpc) is 3.54. The van der Waals surface area contributed by atoms with E-state index in [0.29, 0.717) is 42.3 Å². The molecule has 3 aromatic rings. The Bertz CT molecular complexity index is 1300. The molecule has 164 valence electrons.